The second-order valence-electron chi connectivity index (χ2n) is 4.82. The molecule has 1 aliphatic rings. The quantitative estimate of drug-likeness (QED) is 0.825. The fourth-order valence-electron chi connectivity index (χ4n) is 1.87. The van der Waals surface area contributed by atoms with E-state index in [0.717, 1.165) is 12.1 Å². The van der Waals surface area contributed by atoms with Crippen LogP contribution in [0.15, 0.2) is 24.3 Å². The van der Waals surface area contributed by atoms with E-state index < -0.39 is 0 Å². The van der Waals surface area contributed by atoms with Gasteiger partial charge in [-0.1, -0.05) is 26.0 Å². The summed E-state index contributed by atoms with van der Waals surface area (Å²) in [5.74, 6) is -0.631. The summed E-state index contributed by atoms with van der Waals surface area (Å²) in [6, 6.07) is 7.83. The molecule has 1 aromatic rings. The van der Waals surface area contributed by atoms with Gasteiger partial charge in [-0.05, 0) is 17.7 Å². The van der Waals surface area contributed by atoms with Crippen LogP contribution in [-0.4, -0.2) is 31.1 Å². The molecule has 1 fully saturated rings. The van der Waals surface area contributed by atoms with E-state index in [1.54, 1.807) is 12.1 Å². The molecule has 0 bridgehead atoms. The van der Waals surface area contributed by atoms with Crippen molar-refractivity contribution in [2.45, 2.75) is 26.4 Å². The maximum Gasteiger partial charge on any atom is 0.259 e. The molecule has 19 heavy (non-hydrogen) atoms. The van der Waals surface area contributed by atoms with Gasteiger partial charge in [0.05, 0.1) is 5.69 Å². The van der Waals surface area contributed by atoms with E-state index in [0.29, 0.717) is 11.7 Å². The molecule has 1 heterocycles. The first-order chi connectivity index (χ1) is 9.08. The van der Waals surface area contributed by atoms with E-state index in [-0.39, 0.29) is 25.0 Å². The summed E-state index contributed by atoms with van der Waals surface area (Å²) in [6.07, 6.45) is 0. The molecular weight excluding hydrogens is 244 g/mol. The third kappa shape index (κ3) is 3.39. The van der Waals surface area contributed by atoms with E-state index in [1.165, 1.54) is 4.90 Å². The van der Waals surface area contributed by atoms with Crippen molar-refractivity contribution >= 4 is 17.5 Å². The molecule has 0 spiro atoms. The minimum atomic E-state index is -0.315. The normalized spacial score (nSPS) is 16.3. The third-order valence-electron chi connectivity index (χ3n) is 2.86. The first-order valence-electron chi connectivity index (χ1n) is 6.34. The molecule has 2 amide bonds. The van der Waals surface area contributed by atoms with Crippen molar-refractivity contribution in [3.8, 4) is 0 Å². The zero-order valence-electron chi connectivity index (χ0n) is 11.2. The molecule has 1 aromatic carbocycles. The van der Waals surface area contributed by atoms with Gasteiger partial charge in [-0.2, -0.15) is 0 Å². The van der Waals surface area contributed by atoms with Crippen molar-refractivity contribution in [3.05, 3.63) is 29.8 Å². The number of anilines is 1. The van der Waals surface area contributed by atoms with Gasteiger partial charge in [0.2, 0.25) is 0 Å². The Morgan fingerprint density at radius 3 is 2.26 bits per heavy atom. The Morgan fingerprint density at radius 2 is 1.74 bits per heavy atom. The van der Waals surface area contributed by atoms with Crippen molar-refractivity contribution in [2.75, 3.05) is 18.1 Å². The van der Waals surface area contributed by atoms with Gasteiger partial charge >= 0.3 is 0 Å². The highest BCUT2D eigenvalue weighted by Crippen LogP contribution is 2.18. The Morgan fingerprint density at radius 1 is 1.16 bits per heavy atom. The second kappa shape index (κ2) is 5.95. The number of benzene rings is 1. The lowest BCUT2D eigenvalue weighted by Gasteiger charge is -2.25. The summed E-state index contributed by atoms with van der Waals surface area (Å²) in [7, 11) is 0. The number of carbonyl (C=O) groups excluding carboxylic acids is 2. The fourth-order valence-corrected chi connectivity index (χ4v) is 1.87. The highest BCUT2D eigenvalue weighted by molar-refractivity contribution is 6.16. The lowest BCUT2D eigenvalue weighted by Crippen LogP contribution is -2.46. The third-order valence-corrected chi connectivity index (χ3v) is 2.86. The number of imide groups is 1. The maximum atomic E-state index is 11.7. The molecule has 0 radical (unpaired) electrons. The van der Waals surface area contributed by atoms with Gasteiger partial charge in [0.1, 0.15) is 13.2 Å². The Hall–Kier alpha value is -1.72. The van der Waals surface area contributed by atoms with E-state index in [9.17, 15) is 9.59 Å². The van der Waals surface area contributed by atoms with Crippen molar-refractivity contribution in [1.29, 1.82) is 0 Å². The van der Waals surface area contributed by atoms with Crippen LogP contribution in [-0.2, 0) is 20.9 Å². The predicted octanol–water partition coefficient (Wildman–Crippen LogP) is 1.07. The number of rotatable bonds is 4. The smallest absolute Gasteiger partial charge is 0.259 e. The average Bonchev–Trinajstić information content (AvgIpc) is 2.37. The second-order valence-corrected chi connectivity index (χ2v) is 4.82. The topological polar surface area (TPSA) is 58.6 Å². The Kier molecular flexibility index (Phi) is 4.29. The van der Waals surface area contributed by atoms with E-state index >= 15 is 0 Å². The first-order valence-corrected chi connectivity index (χ1v) is 6.34. The molecule has 0 aliphatic carbocycles. The summed E-state index contributed by atoms with van der Waals surface area (Å²) < 4.78 is 4.88. The number of carbonyl (C=O) groups is 2. The van der Waals surface area contributed by atoms with Gasteiger partial charge in [-0.3, -0.25) is 9.59 Å². The van der Waals surface area contributed by atoms with E-state index in [2.05, 4.69) is 19.2 Å². The predicted molar refractivity (Wildman–Crippen MR) is 71.7 cm³/mol. The summed E-state index contributed by atoms with van der Waals surface area (Å²) in [5, 5.41) is 3.31. The van der Waals surface area contributed by atoms with Crippen LogP contribution in [0.1, 0.15) is 19.4 Å². The standard InChI is InChI=1S/C14H18N2O3/c1-10(2)15-7-11-3-5-12(6-4-11)16-13(17)8-19-9-14(16)18/h3-6,10,15H,7-9H2,1-2H3. The van der Waals surface area contributed by atoms with Crippen molar-refractivity contribution in [3.63, 3.8) is 0 Å². The van der Waals surface area contributed by atoms with E-state index in [4.69, 9.17) is 4.74 Å². The lowest BCUT2D eigenvalue weighted by molar-refractivity contribution is -0.138. The first kappa shape index (κ1) is 13.7. The number of amides is 2. The monoisotopic (exact) mass is 262 g/mol. The number of nitrogens with one attached hydrogen (secondary N) is 1. The maximum absolute atomic E-state index is 11.7. The van der Waals surface area contributed by atoms with Gasteiger partial charge in [0.25, 0.3) is 11.8 Å². The molecule has 5 heteroatoms. The molecule has 102 valence electrons. The largest absolute Gasteiger partial charge is 0.362 e. The SMILES string of the molecule is CC(C)NCc1ccc(N2C(=O)COCC2=O)cc1. The number of morpholine rings is 1. The molecule has 1 aliphatic heterocycles. The van der Waals surface area contributed by atoms with Crippen molar-refractivity contribution in [2.24, 2.45) is 0 Å². The molecule has 0 unspecified atom stereocenters. The van der Waals surface area contributed by atoms with Crippen molar-refractivity contribution < 1.29 is 14.3 Å². The molecule has 0 atom stereocenters. The summed E-state index contributed by atoms with van der Waals surface area (Å²) in [6.45, 7) is 4.85. The number of hydrogen-bond acceptors (Lipinski definition) is 4. The van der Waals surface area contributed by atoms with Crippen LogP contribution in [0, 0.1) is 0 Å². The lowest BCUT2D eigenvalue weighted by atomic mass is 10.1. The minimum Gasteiger partial charge on any atom is -0.362 e. The van der Waals surface area contributed by atoms with Crippen LogP contribution in [0.2, 0.25) is 0 Å². The van der Waals surface area contributed by atoms with Crippen LogP contribution in [0.25, 0.3) is 0 Å². The highest BCUT2D eigenvalue weighted by Gasteiger charge is 2.27. The average molecular weight is 262 g/mol. The molecule has 1 saturated heterocycles. The Labute approximate surface area is 112 Å². The van der Waals surface area contributed by atoms with Gasteiger partial charge in [-0.25, -0.2) is 4.90 Å². The van der Waals surface area contributed by atoms with Gasteiger partial charge in [0.15, 0.2) is 0 Å². The summed E-state index contributed by atoms with van der Waals surface area (Å²) in [5.41, 5.74) is 1.72. The number of hydrogen-bond donors (Lipinski definition) is 1. The minimum absolute atomic E-state index is 0.0393. The van der Waals surface area contributed by atoms with Gasteiger partial charge in [0, 0.05) is 12.6 Å². The fraction of sp³-hybridized carbons (Fsp3) is 0.429. The molecular formula is C14H18N2O3. The summed E-state index contributed by atoms with van der Waals surface area (Å²) >= 11 is 0. The van der Waals surface area contributed by atoms with Crippen LogP contribution in [0.3, 0.4) is 0 Å². The Balaban J connectivity index is 2.09. The van der Waals surface area contributed by atoms with Crippen LogP contribution in [0.5, 0.6) is 0 Å². The van der Waals surface area contributed by atoms with Crippen LogP contribution >= 0.6 is 0 Å². The van der Waals surface area contributed by atoms with Gasteiger partial charge < -0.3 is 10.1 Å². The van der Waals surface area contributed by atoms with E-state index in [1.807, 2.05) is 12.1 Å². The Bertz CT molecular complexity index is 452. The van der Waals surface area contributed by atoms with Gasteiger partial charge in [-0.15, -0.1) is 0 Å². The van der Waals surface area contributed by atoms with Crippen LogP contribution < -0.4 is 10.2 Å². The zero-order valence-corrected chi connectivity index (χ0v) is 11.2. The zero-order chi connectivity index (χ0) is 13.8. The molecule has 0 aromatic heterocycles. The van der Waals surface area contributed by atoms with Crippen molar-refractivity contribution in [1.82, 2.24) is 5.32 Å². The van der Waals surface area contributed by atoms with Crippen LogP contribution in [0.4, 0.5) is 5.69 Å². The molecule has 5 nitrogen and oxygen atoms in total. The molecule has 2 rings (SSSR count). The molecule has 1 N–H and O–H groups in total. The number of nitrogens with zero attached hydrogens (tertiary/aromatic N) is 1. The molecule has 0 saturated carbocycles. The summed E-state index contributed by atoms with van der Waals surface area (Å²) in [4.78, 5) is 24.5. The number of ether oxygens (including phenoxy) is 1. The highest BCUT2D eigenvalue weighted by atomic mass is 16.5.